The minimum absolute atomic E-state index is 0.0864. The molecule has 0 aromatic carbocycles. The molecule has 0 radical (unpaired) electrons. The molecule has 1 atom stereocenters. The molecule has 1 fully saturated rings. The number of nitrogens with zero attached hydrogens (tertiary/aromatic N) is 3. The van der Waals surface area contributed by atoms with E-state index in [2.05, 4.69) is 9.97 Å². The third-order valence-electron chi connectivity index (χ3n) is 3.78. The largest absolute Gasteiger partial charge is 0.376 e. The maximum atomic E-state index is 12.4. The summed E-state index contributed by atoms with van der Waals surface area (Å²) >= 11 is 0. The molecule has 0 aliphatic carbocycles. The zero-order valence-corrected chi connectivity index (χ0v) is 12.2. The lowest BCUT2D eigenvalue weighted by Gasteiger charge is -2.27. The van der Waals surface area contributed by atoms with Gasteiger partial charge in [0.15, 0.2) is 5.65 Å². The molecule has 5 nitrogen and oxygen atoms in total. The van der Waals surface area contributed by atoms with E-state index in [1.165, 1.54) is 6.42 Å². The van der Waals surface area contributed by atoms with Crippen LogP contribution in [0, 0.1) is 0 Å². The van der Waals surface area contributed by atoms with Gasteiger partial charge in [-0.25, -0.2) is 9.97 Å². The fourth-order valence-electron chi connectivity index (χ4n) is 2.61. The van der Waals surface area contributed by atoms with E-state index in [0.717, 1.165) is 24.8 Å². The summed E-state index contributed by atoms with van der Waals surface area (Å²) in [5.74, 6) is -0.0864. The molecule has 0 bridgehead atoms. The van der Waals surface area contributed by atoms with Crippen LogP contribution < -0.4 is 0 Å². The average molecular weight is 285 g/mol. The molecule has 1 amide bonds. The lowest BCUT2D eigenvalue weighted by atomic mass is 10.1. The molecule has 3 heterocycles. The van der Waals surface area contributed by atoms with Crippen LogP contribution in [0.2, 0.25) is 0 Å². The van der Waals surface area contributed by atoms with Gasteiger partial charge >= 0.3 is 0 Å². The highest BCUT2D eigenvalue weighted by Crippen LogP contribution is 2.15. The van der Waals surface area contributed by atoms with Gasteiger partial charge in [0.05, 0.1) is 6.10 Å². The predicted molar refractivity (Wildman–Crippen MR) is 80.1 cm³/mol. The summed E-state index contributed by atoms with van der Waals surface area (Å²) in [6, 6.07) is 7.43. The molecule has 1 aliphatic rings. The van der Waals surface area contributed by atoms with Gasteiger partial charge in [-0.2, -0.15) is 0 Å². The monoisotopic (exact) mass is 285 g/mol. The lowest BCUT2D eigenvalue weighted by molar-refractivity contribution is -0.000282. The van der Waals surface area contributed by atoms with Crippen molar-refractivity contribution in [2.75, 3.05) is 20.2 Å². The van der Waals surface area contributed by atoms with Crippen molar-refractivity contribution in [1.82, 2.24) is 14.9 Å². The summed E-state index contributed by atoms with van der Waals surface area (Å²) in [5, 5.41) is 0.937. The summed E-state index contributed by atoms with van der Waals surface area (Å²) in [5.41, 5.74) is 1.03. The third-order valence-corrected chi connectivity index (χ3v) is 3.78. The quantitative estimate of drug-likeness (QED) is 0.868. The van der Waals surface area contributed by atoms with E-state index in [9.17, 15) is 4.79 Å². The summed E-state index contributed by atoms with van der Waals surface area (Å²) in [6.07, 6.45) is 5.14. The van der Waals surface area contributed by atoms with Crippen LogP contribution >= 0.6 is 0 Å². The van der Waals surface area contributed by atoms with Crippen LogP contribution in [0.3, 0.4) is 0 Å². The van der Waals surface area contributed by atoms with Crippen LogP contribution in [0.15, 0.2) is 30.5 Å². The first-order chi connectivity index (χ1) is 10.2. The van der Waals surface area contributed by atoms with Crippen molar-refractivity contribution in [3.63, 3.8) is 0 Å². The number of aromatic nitrogens is 2. The lowest BCUT2D eigenvalue weighted by Crippen LogP contribution is -2.37. The number of rotatable bonds is 3. The maximum absolute atomic E-state index is 12.4. The first-order valence-corrected chi connectivity index (χ1v) is 7.33. The van der Waals surface area contributed by atoms with Crippen LogP contribution in [-0.2, 0) is 4.74 Å². The van der Waals surface area contributed by atoms with Gasteiger partial charge in [-0.05, 0) is 43.5 Å². The number of carbonyl (C=O) groups is 1. The zero-order chi connectivity index (χ0) is 14.7. The van der Waals surface area contributed by atoms with E-state index in [1.807, 2.05) is 18.2 Å². The molecule has 0 unspecified atom stereocenters. The van der Waals surface area contributed by atoms with Gasteiger partial charge in [0, 0.05) is 31.8 Å². The Bertz CT molecular complexity index is 638. The Kier molecular flexibility index (Phi) is 4.10. The van der Waals surface area contributed by atoms with E-state index in [1.54, 1.807) is 24.2 Å². The number of amides is 1. The molecule has 21 heavy (non-hydrogen) atoms. The number of likely N-dealkylation sites (N-methyl/N-ethyl adjacent to an activating group) is 1. The van der Waals surface area contributed by atoms with E-state index in [-0.39, 0.29) is 12.0 Å². The van der Waals surface area contributed by atoms with Crippen LogP contribution in [0.5, 0.6) is 0 Å². The molecule has 3 rings (SSSR count). The molecule has 1 aliphatic heterocycles. The summed E-state index contributed by atoms with van der Waals surface area (Å²) < 4.78 is 5.68. The molecule has 0 N–H and O–H groups in total. The summed E-state index contributed by atoms with van der Waals surface area (Å²) in [6.45, 7) is 1.41. The summed E-state index contributed by atoms with van der Waals surface area (Å²) in [7, 11) is 1.80. The van der Waals surface area contributed by atoms with Gasteiger partial charge < -0.3 is 9.64 Å². The second kappa shape index (κ2) is 6.18. The highest BCUT2D eigenvalue weighted by molar-refractivity contribution is 5.94. The van der Waals surface area contributed by atoms with Gasteiger partial charge in [-0.3, -0.25) is 4.79 Å². The van der Waals surface area contributed by atoms with E-state index < -0.39 is 0 Å². The van der Waals surface area contributed by atoms with E-state index >= 15 is 0 Å². The Morgan fingerprint density at radius 2 is 2.29 bits per heavy atom. The van der Waals surface area contributed by atoms with Crippen molar-refractivity contribution in [1.29, 1.82) is 0 Å². The molecule has 0 saturated carbocycles. The molecular formula is C16H19N3O2. The Morgan fingerprint density at radius 1 is 1.38 bits per heavy atom. The highest BCUT2D eigenvalue weighted by Gasteiger charge is 2.20. The predicted octanol–water partition coefficient (Wildman–Crippen LogP) is 2.27. The van der Waals surface area contributed by atoms with Crippen molar-refractivity contribution in [3.05, 3.63) is 36.2 Å². The van der Waals surface area contributed by atoms with Crippen LogP contribution in [0.4, 0.5) is 0 Å². The van der Waals surface area contributed by atoms with Crippen molar-refractivity contribution < 1.29 is 9.53 Å². The number of pyridine rings is 2. The number of ether oxygens (including phenoxy) is 1. The fraction of sp³-hybridized carbons (Fsp3) is 0.438. The average Bonchev–Trinajstić information content (AvgIpc) is 2.54. The zero-order valence-electron chi connectivity index (χ0n) is 12.2. The van der Waals surface area contributed by atoms with Crippen molar-refractivity contribution in [2.45, 2.75) is 25.4 Å². The molecular weight excluding hydrogens is 266 g/mol. The Labute approximate surface area is 124 Å². The number of fused-ring (bicyclic) bond motifs is 1. The number of hydrogen-bond donors (Lipinski definition) is 0. The SMILES string of the molecule is CN(C[C@@H]1CCCCO1)C(=O)c1ccc2cccnc2n1. The van der Waals surface area contributed by atoms with Crippen LogP contribution in [0.25, 0.3) is 11.0 Å². The normalized spacial score (nSPS) is 18.6. The molecule has 1 saturated heterocycles. The van der Waals surface area contributed by atoms with Gasteiger partial charge in [0.1, 0.15) is 5.69 Å². The van der Waals surface area contributed by atoms with E-state index in [0.29, 0.717) is 17.9 Å². The van der Waals surface area contributed by atoms with E-state index in [4.69, 9.17) is 4.74 Å². The van der Waals surface area contributed by atoms with Crippen LogP contribution in [-0.4, -0.2) is 47.1 Å². The second-order valence-electron chi connectivity index (χ2n) is 5.42. The number of carbonyl (C=O) groups excluding carboxylic acids is 1. The van der Waals surface area contributed by atoms with Crippen molar-refractivity contribution in [2.24, 2.45) is 0 Å². The standard InChI is InChI=1S/C16H19N3O2/c1-19(11-13-6-2-3-10-21-13)16(20)14-8-7-12-5-4-9-17-15(12)18-14/h4-5,7-9,13H,2-3,6,10-11H2,1H3/t13-/m0/s1. The van der Waals surface area contributed by atoms with Gasteiger partial charge in [-0.1, -0.05) is 0 Å². The topological polar surface area (TPSA) is 55.3 Å². The minimum atomic E-state index is -0.0864. The Morgan fingerprint density at radius 3 is 3.10 bits per heavy atom. The minimum Gasteiger partial charge on any atom is -0.376 e. The highest BCUT2D eigenvalue weighted by atomic mass is 16.5. The third kappa shape index (κ3) is 3.19. The van der Waals surface area contributed by atoms with Crippen LogP contribution in [0.1, 0.15) is 29.8 Å². The molecule has 2 aromatic heterocycles. The summed E-state index contributed by atoms with van der Waals surface area (Å²) in [4.78, 5) is 22.7. The van der Waals surface area contributed by atoms with Crippen molar-refractivity contribution in [3.8, 4) is 0 Å². The second-order valence-corrected chi connectivity index (χ2v) is 5.42. The molecule has 5 heteroatoms. The number of hydrogen-bond acceptors (Lipinski definition) is 4. The Hall–Kier alpha value is -2.01. The smallest absolute Gasteiger partial charge is 0.272 e. The molecule has 0 spiro atoms. The van der Waals surface area contributed by atoms with Gasteiger partial charge in [-0.15, -0.1) is 0 Å². The molecule has 110 valence electrons. The van der Waals surface area contributed by atoms with Gasteiger partial charge in [0.25, 0.3) is 5.91 Å². The fourth-order valence-corrected chi connectivity index (χ4v) is 2.61. The first kappa shape index (κ1) is 13.9. The first-order valence-electron chi connectivity index (χ1n) is 7.33. The Balaban J connectivity index is 1.72. The molecule has 2 aromatic rings. The van der Waals surface area contributed by atoms with Gasteiger partial charge in [0.2, 0.25) is 0 Å². The maximum Gasteiger partial charge on any atom is 0.272 e. The van der Waals surface area contributed by atoms with Crippen molar-refractivity contribution >= 4 is 16.9 Å².